The van der Waals surface area contributed by atoms with Crippen LogP contribution in [-0.4, -0.2) is 33.3 Å². The third kappa shape index (κ3) is 7.60. The largest absolute Gasteiger partial charge is 0.317 e. The summed E-state index contributed by atoms with van der Waals surface area (Å²) < 4.78 is 26.9. The van der Waals surface area contributed by atoms with E-state index in [1.165, 1.54) is 38.5 Å². The fourth-order valence-corrected chi connectivity index (χ4v) is 4.22. The summed E-state index contributed by atoms with van der Waals surface area (Å²) in [7, 11) is -3.08. The zero-order valence-electron chi connectivity index (χ0n) is 13.0. The standard InChI is InChI=1S/C15H32N2O2S/c1-2-3-4-5-6-7-8-9-12-17-20(18,19)15-10-13-16-14-11-15/h15-17H,2-14H2,1H3. The van der Waals surface area contributed by atoms with Crippen molar-refractivity contribution in [3.63, 3.8) is 0 Å². The second-order valence-corrected chi connectivity index (χ2v) is 7.91. The average molecular weight is 305 g/mol. The van der Waals surface area contributed by atoms with Gasteiger partial charge in [0.15, 0.2) is 0 Å². The molecule has 1 aliphatic rings. The van der Waals surface area contributed by atoms with Gasteiger partial charge >= 0.3 is 0 Å². The SMILES string of the molecule is CCCCCCCCCCNS(=O)(=O)C1CCNCC1. The second kappa shape index (κ2) is 10.6. The minimum absolute atomic E-state index is 0.183. The van der Waals surface area contributed by atoms with E-state index in [9.17, 15) is 8.42 Å². The van der Waals surface area contributed by atoms with Gasteiger partial charge in [0.25, 0.3) is 0 Å². The first-order valence-electron chi connectivity index (χ1n) is 8.36. The Morgan fingerprint density at radius 3 is 2.10 bits per heavy atom. The number of unbranched alkanes of at least 4 members (excludes halogenated alkanes) is 7. The molecule has 0 saturated carbocycles. The Hall–Kier alpha value is -0.130. The Labute approximate surface area is 125 Å². The van der Waals surface area contributed by atoms with Gasteiger partial charge < -0.3 is 5.32 Å². The van der Waals surface area contributed by atoms with E-state index in [0.717, 1.165) is 38.8 Å². The highest BCUT2D eigenvalue weighted by atomic mass is 32.2. The molecule has 0 aromatic heterocycles. The van der Waals surface area contributed by atoms with Crippen LogP contribution in [0.1, 0.15) is 71.1 Å². The number of rotatable bonds is 11. The zero-order valence-corrected chi connectivity index (χ0v) is 13.8. The van der Waals surface area contributed by atoms with E-state index in [4.69, 9.17) is 0 Å². The minimum Gasteiger partial charge on any atom is -0.317 e. The predicted molar refractivity (Wildman–Crippen MR) is 85.4 cm³/mol. The molecule has 4 nitrogen and oxygen atoms in total. The second-order valence-electron chi connectivity index (χ2n) is 5.86. The maximum absolute atomic E-state index is 12.1. The summed E-state index contributed by atoms with van der Waals surface area (Å²) in [4.78, 5) is 0. The van der Waals surface area contributed by atoms with Crippen LogP contribution in [0.2, 0.25) is 0 Å². The van der Waals surface area contributed by atoms with Gasteiger partial charge in [-0.3, -0.25) is 0 Å². The molecule has 1 rings (SSSR count). The van der Waals surface area contributed by atoms with Crippen molar-refractivity contribution in [2.24, 2.45) is 0 Å². The lowest BCUT2D eigenvalue weighted by Gasteiger charge is -2.22. The Balaban J connectivity index is 1.99. The van der Waals surface area contributed by atoms with Crippen molar-refractivity contribution in [3.8, 4) is 0 Å². The van der Waals surface area contributed by atoms with E-state index < -0.39 is 10.0 Å². The highest BCUT2D eigenvalue weighted by molar-refractivity contribution is 7.90. The molecule has 1 fully saturated rings. The van der Waals surface area contributed by atoms with Crippen molar-refractivity contribution in [1.29, 1.82) is 0 Å². The predicted octanol–water partition coefficient (Wildman–Crippen LogP) is 2.80. The average Bonchev–Trinajstić information content (AvgIpc) is 2.46. The van der Waals surface area contributed by atoms with E-state index >= 15 is 0 Å². The maximum atomic E-state index is 12.1. The van der Waals surface area contributed by atoms with Gasteiger partial charge in [0.05, 0.1) is 5.25 Å². The van der Waals surface area contributed by atoms with Crippen molar-refractivity contribution in [2.45, 2.75) is 76.4 Å². The van der Waals surface area contributed by atoms with E-state index in [1.807, 2.05) is 0 Å². The van der Waals surface area contributed by atoms with E-state index in [1.54, 1.807) is 0 Å². The van der Waals surface area contributed by atoms with Crippen LogP contribution in [0.25, 0.3) is 0 Å². The van der Waals surface area contributed by atoms with Gasteiger partial charge in [0.1, 0.15) is 0 Å². The lowest BCUT2D eigenvalue weighted by molar-refractivity contribution is 0.487. The first kappa shape index (κ1) is 17.9. The molecule has 1 aliphatic heterocycles. The van der Waals surface area contributed by atoms with E-state index in [2.05, 4.69) is 17.0 Å². The normalized spacial score (nSPS) is 17.4. The summed E-state index contributed by atoms with van der Waals surface area (Å²) in [5.41, 5.74) is 0. The third-order valence-electron chi connectivity index (χ3n) is 4.06. The third-order valence-corrected chi connectivity index (χ3v) is 6.01. The van der Waals surface area contributed by atoms with Crippen molar-refractivity contribution in [3.05, 3.63) is 0 Å². The maximum Gasteiger partial charge on any atom is 0.214 e. The lowest BCUT2D eigenvalue weighted by atomic mass is 10.1. The molecular formula is C15H32N2O2S. The lowest BCUT2D eigenvalue weighted by Crippen LogP contribution is -2.41. The first-order valence-corrected chi connectivity index (χ1v) is 9.90. The van der Waals surface area contributed by atoms with Crippen LogP contribution >= 0.6 is 0 Å². The molecule has 0 bridgehead atoms. The summed E-state index contributed by atoms with van der Waals surface area (Å²) >= 11 is 0. The molecule has 0 amide bonds. The van der Waals surface area contributed by atoms with Crippen LogP contribution in [-0.2, 0) is 10.0 Å². The van der Waals surface area contributed by atoms with Gasteiger partial charge in [-0.05, 0) is 32.4 Å². The molecule has 120 valence electrons. The number of sulfonamides is 1. The Bertz CT molecular complexity index is 325. The summed E-state index contributed by atoms with van der Waals surface area (Å²) in [5.74, 6) is 0. The Kier molecular flexibility index (Phi) is 9.48. The molecule has 5 heteroatoms. The number of hydrogen-bond donors (Lipinski definition) is 2. The van der Waals surface area contributed by atoms with E-state index in [0.29, 0.717) is 6.54 Å². The molecule has 0 unspecified atom stereocenters. The molecule has 0 aromatic carbocycles. The van der Waals surface area contributed by atoms with Crippen LogP contribution in [0, 0.1) is 0 Å². The molecule has 1 heterocycles. The molecule has 0 radical (unpaired) electrons. The summed E-state index contributed by atoms with van der Waals surface area (Å²) in [6, 6.07) is 0. The van der Waals surface area contributed by atoms with Gasteiger partial charge in [-0.2, -0.15) is 0 Å². The van der Waals surface area contributed by atoms with E-state index in [-0.39, 0.29) is 5.25 Å². The zero-order chi connectivity index (χ0) is 14.7. The molecule has 2 N–H and O–H groups in total. The van der Waals surface area contributed by atoms with Crippen LogP contribution in [0.3, 0.4) is 0 Å². The van der Waals surface area contributed by atoms with Crippen molar-refractivity contribution >= 4 is 10.0 Å². The number of nitrogens with one attached hydrogen (secondary N) is 2. The number of piperidine rings is 1. The van der Waals surface area contributed by atoms with Gasteiger partial charge in [0.2, 0.25) is 10.0 Å². The van der Waals surface area contributed by atoms with Crippen LogP contribution < -0.4 is 10.0 Å². The van der Waals surface area contributed by atoms with Crippen molar-refractivity contribution in [1.82, 2.24) is 10.0 Å². The van der Waals surface area contributed by atoms with Gasteiger partial charge in [-0.1, -0.05) is 51.9 Å². The minimum atomic E-state index is -3.08. The summed E-state index contributed by atoms with van der Waals surface area (Å²) in [6.07, 6.45) is 11.4. The molecule has 0 atom stereocenters. The summed E-state index contributed by atoms with van der Waals surface area (Å²) in [5, 5.41) is 3.02. The van der Waals surface area contributed by atoms with Crippen molar-refractivity contribution in [2.75, 3.05) is 19.6 Å². The first-order chi connectivity index (χ1) is 9.67. The van der Waals surface area contributed by atoms with Crippen LogP contribution in [0.5, 0.6) is 0 Å². The Morgan fingerprint density at radius 1 is 0.950 bits per heavy atom. The summed E-state index contributed by atoms with van der Waals surface area (Å²) in [6.45, 7) is 4.49. The van der Waals surface area contributed by atoms with Gasteiger partial charge in [-0.15, -0.1) is 0 Å². The molecule has 20 heavy (non-hydrogen) atoms. The smallest absolute Gasteiger partial charge is 0.214 e. The molecule has 0 aliphatic carbocycles. The fourth-order valence-electron chi connectivity index (χ4n) is 2.70. The van der Waals surface area contributed by atoms with Crippen LogP contribution in [0.15, 0.2) is 0 Å². The monoisotopic (exact) mass is 304 g/mol. The van der Waals surface area contributed by atoms with Gasteiger partial charge in [-0.25, -0.2) is 13.1 Å². The van der Waals surface area contributed by atoms with Crippen LogP contribution in [0.4, 0.5) is 0 Å². The number of hydrogen-bond acceptors (Lipinski definition) is 3. The molecular weight excluding hydrogens is 272 g/mol. The quantitative estimate of drug-likeness (QED) is 0.577. The molecule has 0 spiro atoms. The molecule has 0 aromatic rings. The fraction of sp³-hybridized carbons (Fsp3) is 1.00. The molecule has 1 saturated heterocycles. The van der Waals surface area contributed by atoms with Crippen molar-refractivity contribution < 1.29 is 8.42 Å². The Morgan fingerprint density at radius 2 is 1.50 bits per heavy atom. The van der Waals surface area contributed by atoms with Gasteiger partial charge in [0, 0.05) is 6.54 Å². The highest BCUT2D eigenvalue weighted by Gasteiger charge is 2.26. The highest BCUT2D eigenvalue weighted by Crippen LogP contribution is 2.12. The topological polar surface area (TPSA) is 58.2 Å².